The van der Waals surface area contributed by atoms with Gasteiger partial charge in [-0.1, -0.05) is 0 Å². The minimum Gasteiger partial charge on any atom is -0.472 e. The van der Waals surface area contributed by atoms with Crippen LogP contribution in [0.1, 0.15) is 16.1 Å². The molecule has 0 aliphatic rings. The number of amides is 1. The molecule has 94 valence electrons. The van der Waals surface area contributed by atoms with Crippen LogP contribution < -0.4 is 5.32 Å². The lowest BCUT2D eigenvalue weighted by molar-refractivity contribution is -0.139. The van der Waals surface area contributed by atoms with Crippen LogP contribution in [0.5, 0.6) is 0 Å². The first-order valence-corrected chi connectivity index (χ1v) is 5.92. The van der Waals surface area contributed by atoms with E-state index in [0.29, 0.717) is 16.4 Å². The van der Waals surface area contributed by atoms with E-state index in [9.17, 15) is 9.59 Å². The highest BCUT2D eigenvalue weighted by Crippen LogP contribution is 2.17. The first-order valence-electron chi connectivity index (χ1n) is 5.04. The molecule has 0 aliphatic heterocycles. The third-order valence-corrected chi connectivity index (χ3v) is 2.92. The minimum atomic E-state index is -0.368. The highest BCUT2D eigenvalue weighted by molar-refractivity contribution is 7.14. The number of rotatable bonds is 4. The zero-order valence-electron chi connectivity index (χ0n) is 9.50. The Balaban J connectivity index is 1.98. The molecule has 2 aromatic heterocycles. The average molecular weight is 266 g/mol. The molecule has 7 heteroatoms. The molecule has 0 saturated heterocycles. The Kier molecular flexibility index (Phi) is 3.73. The largest absolute Gasteiger partial charge is 0.472 e. The molecule has 1 N–H and O–H groups in total. The highest BCUT2D eigenvalue weighted by atomic mass is 32.1. The molecule has 0 bridgehead atoms. The Morgan fingerprint density at radius 2 is 2.39 bits per heavy atom. The standard InChI is InChI=1S/C11H10N2O4S/c1-16-9(14)4-8-6-18-11(12-8)13-10(15)7-2-3-17-5-7/h2-3,5-6H,4H2,1H3,(H,12,13,15). The second-order valence-electron chi connectivity index (χ2n) is 3.36. The summed E-state index contributed by atoms with van der Waals surface area (Å²) in [7, 11) is 1.32. The number of nitrogens with one attached hydrogen (secondary N) is 1. The molecule has 18 heavy (non-hydrogen) atoms. The zero-order chi connectivity index (χ0) is 13.0. The summed E-state index contributed by atoms with van der Waals surface area (Å²) in [5.74, 6) is -0.671. The SMILES string of the molecule is COC(=O)Cc1csc(NC(=O)c2ccoc2)n1. The average Bonchev–Trinajstić information content (AvgIpc) is 3.00. The number of carbonyl (C=O) groups excluding carboxylic acids is 2. The van der Waals surface area contributed by atoms with Crippen molar-refractivity contribution in [2.75, 3.05) is 12.4 Å². The summed E-state index contributed by atoms with van der Waals surface area (Å²) in [4.78, 5) is 26.8. The van der Waals surface area contributed by atoms with Crippen molar-refractivity contribution in [1.29, 1.82) is 0 Å². The number of esters is 1. The molecule has 0 spiro atoms. The molecule has 0 aliphatic carbocycles. The van der Waals surface area contributed by atoms with Crippen LogP contribution in [0, 0.1) is 0 Å². The molecule has 2 rings (SSSR count). The van der Waals surface area contributed by atoms with Gasteiger partial charge in [0.05, 0.1) is 31.1 Å². The van der Waals surface area contributed by atoms with Gasteiger partial charge in [0.1, 0.15) is 6.26 Å². The van der Waals surface area contributed by atoms with Gasteiger partial charge in [0.25, 0.3) is 5.91 Å². The summed E-state index contributed by atoms with van der Waals surface area (Å²) in [6, 6.07) is 1.55. The molecular formula is C11H10N2O4S. The van der Waals surface area contributed by atoms with Crippen molar-refractivity contribution in [2.24, 2.45) is 0 Å². The lowest BCUT2D eigenvalue weighted by Gasteiger charge is -1.97. The highest BCUT2D eigenvalue weighted by Gasteiger charge is 2.11. The smallest absolute Gasteiger partial charge is 0.311 e. The van der Waals surface area contributed by atoms with Gasteiger partial charge in [-0.25, -0.2) is 4.98 Å². The van der Waals surface area contributed by atoms with E-state index in [1.54, 1.807) is 11.4 Å². The third-order valence-electron chi connectivity index (χ3n) is 2.11. The molecule has 0 saturated carbocycles. The number of methoxy groups -OCH3 is 1. The summed E-state index contributed by atoms with van der Waals surface area (Å²) < 4.78 is 9.34. The molecule has 0 radical (unpaired) electrons. The molecule has 6 nitrogen and oxygen atoms in total. The Bertz CT molecular complexity index is 547. The monoisotopic (exact) mass is 266 g/mol. The summed E-state index contributed by atoms with van der Waals surface area (Å²) in [5.41, 5.74) is 0.981. The van der Waals surface area contributed by atoms with Crippen LogP contribution in [0.2, 0.25) is 0 Å². The maximum Gasteiger partial charge on any atom is 0.311 e. The third kappa shape index (κ3) is 2.95. The van der Waals surface area contributed by atoms with Crippen molar-refractivity contribution in [3.05, 3.63) is 35.2 Å². The van der Waals surface area contributed by atoms with Crippen molar-refractivity contribution in [3.8, 4) is 0 Å². The van der Waals surface area contributed by atoms with Gasteiger partial charge in [-0.2, -0.15) is 0 Å². The fourth-order valence-corrected chi connectivity index (χ4v) is 1.93. The number of carbonyl (C=O) groups is 2. The molecule has 0 unspecified atom stereocenters. The summed E-state index contributed by atoms with van der Waals surface area (Å²) in [5, 5.41) is 4.74. The van der Waals surface area contributed by atoms with Crippen LogP contribution >= 0.6 is 11.3 Å². The van der Waals surface area contributed by atoms with E-state index in [1.807, 2.05) is 0 Å². The zero-order valence-corrected chi connectivity index (χ0v) is 10.3. The number of thiazole rings is 1. The second kappa shape index (κ2) is 5.46. The van der Waals surface area contributed by atoms with E-state index >= 15 is 0 Å². The number of anilines is 1. The number of furan rings is 1. The van der Waals surface area contributed by atoms with Crippen molar-refractivity contribution < 1.29 is 18.7 Å². The number of nitrogens with zero attached hydrogens (tertiary/aromatic N) is 1. The number of aromatic nitrogens is 1. The minimum absolute atomic E-state index is 0.0918. The normalized spacial score (nSPS) is 10.1. The summed E-state index contributed by atoms with van der Waals surface area (Å²) in [6.07, 6.45) is 2.85. The van der Waals surface area contributed by atoms with E-state index in [4.69, 9.17) is 4.42 Å². The molecule has 2 aromatic rings. The van der Waals surface area contributed by atoms with Gasteiger partial charge in [0, 0.05) is 5.38 Å². The Morgan fingerprint density at radius 1 is 1.56 bits per heavy atom. The number of hydrogen-bond donors (Lipinski definition) is 1. The Labute approximate surface area is 107 Å². The number of ether oxygens (including phenoxy) is 1. The lowest BCUT2D eigenvalue weighted by atomic mass is 10.3. The predicted molar refractivity (Wildman–Crippen MR) is 64.5 cm³/mol. The lowest BCUT2D eigenvalue weighted by Crippen LogP contribution is -2.11. The molecule has 0 fully saturated rings. The quantitative estimate of drug-likeness (QED) is 0.852. The van der Waals surface area contributed by atoms with Gasteiger partial charge in [0.15, 0.2) is 5.13 Å². The Hall–Kier alpha value is -2.15. The van der Waals surface area contributed by atoms with Crippen molar-refractivity contribution in [3.63, 3.8) is 0 Å². The van der Waals surface area contributed by atoms with Gasteiger partial charge in [0.2, 0.25) is 0 Å². The molecule has 0 aromatic carbocycles. The van der Waals surface area contributed by atoms with Crippen LogP contribution in [0.4, 0.5) is 5.13 Å². The molecular weight excluding hydrogens is 256 g/mol. The van der Waals surface area contributed by atoms with E-state index in [2.05, 4.69) is 15.0 Å². The van der Waals surface area contributed by atoms with Crippen molar-refractivity contribution in [2.45, 2.75) is 6.42 Å². The van der Waals surface area contributed by atoms with Crippen LogP contribution in [0.25, 0.3) is 0 Å². The molecule has 0 atom stereocenters. The van der Waals surface area contributed by atoms with Crippen LogP contribution in [0.15, 0.2) is 28.4 Å². The fraction of sp³-hybridized carbons (Fsp3) is 0.182. The van der Waals surface area contributed by atoms with Crippen LogP contribution in [0.3, 0.4) is 0 Å². The van der Waals surface area contributed by atoms with Crippen molar-refractivity contribution >= 4 is 28.3 Å². The fourth-order valence-electron chi connectivity index (χ4n) is 1.23. The maximum atomic E-state index is 11.7. The van der Waals surface area contributed by atoms with E-state index in [-0.39, 0.29) is 18.3 Å². The maximum absolute atomic E-state index is 11.7. The first-order chi connectivity index (χ1) is 8.69. The van der Waals surface area contributed by atoms with E-state index < -0.39 is 0 Å². The first kappa shape index (κ1) is 12.3. The van der Waals surface area contributed by atoms with Crippen LogP contribution in [-0.2, 0) is 16.0 Å². The van der Waals surface area contributed by atoms with Crippen molar-refractivity contribution in [1.82, 2.24) is 4.98 Å². The van der Waals surface area contributed by atoms with Gasteiger partial charge >= 0.3 is 5.97 Å². The Morgan fingerprint density at radius 3 is 3.06 bits per heavy atom. The summed E-state index contributed by atoms with van der Waals surface area (Å²) in [6.45, 7) is 0. The topological polar surface area (TPSA) is 81.4 Å². The van der Waals surface area contributed by atoms with Gasteiger partial charge < -0.3 is 9.15 Å². The molecule has 2 heterocycles. The van der Waals surface area contributed by atoms with Gasteiger partial charge in [-0.3, -0.25) is 14.9 Å². The van der Waals surface area contributed by atoms with Crippen LogP contribution in [-0.4, -0.2) is 24.0 Å². The van der Waals surface area contributed by atoms with E-state index in [1.165, 1.54) is 31.0 Å². The second-order valence-corrected chi connectivity index (χ2v) is 4.22. The number of hydrogen-bond acceptors (Lipinski definition) is 6. The summed E-state index contributed by atoms with van der Waals surface area (Å²) >= 11 is 1.25. The molecule has 1 amide bonds. The van der Waals surface area contributed by atoms with Gasteiger partial charge in [-0.15, -0.1) is 11.3 Å². The predicted octanol–water partition coefficient (Wildman–Crippen LogP) is 1.70. The van der Waals surface area contributed by atoms with E-state index in [0.717, 1.165) is 0 Å². The van der Waals surface area contributed by atoms with Gasteiger partial charge in [-0.05, 0) is 6.07 Å².